The Labute approximate surface area is 109 Å². The summed E-state index contributed by atoms with van der Waals surface area (Å²) in [5, 5.41) is 12.8. The van der Waals surface area contributed by atoms with Gasteiger partial charge in [0.05, 0.1) is 6.10 Å². The zero-order valence-corrected chi connectivity index (χ0v) is 11.4. The second-order valence-electron chi connectivity index (χ2n) is 5.16. The Bertz CT molecular complexity index is 403. The van der Waals surface area contributed by atoms with Crippen LogP contribution in [0.2, 0.25) is 0 Å². The number of aliphatic hydroxyl groups excluding tert-OH is 1. The first kappa shape index (κ1) is 13.4. The van der Waals surface area contributed by atoms with Crippen LogP contribution in [0.1, 0.15) is 43.9 Å². The summed E-state index contributed by atoms with van der Waals surface area (Å²) in [6, 6.07) is 6.71. The summed E-state index contributed by atoms with van der Waals surface area (Å²) in [5.74, 6) is 0.851. The van der Waals surface area contributed by atoms with Crippen molar-refractivity contribution >= 4 is 0 Å². The van der Waals surface area contributed by atoms with Crippen LogP contribution in [0.25, 0.3) is 0 Å². The molecule has 3 unspecified atom stereocenters. The maximum atomic E-state index is 9.48. The zero-order chi connectivity index (χ0) is 13.1. The summed E-state index contributed by atoms with van der Waals surface area (Å²) in [4.78, 5) is 0. The molecule has 0 aliphatic heterocycles. The van der Waals surface area contributed by atoms with Gasteiger partial charge in [-0.2, -0.15) is 0 Å². The Morgan fingerprint density at radius 3 is 2.83 bits per heavy atom. The normalized spacial score (nSPS) is 22.1. The highest BCUT2D eigenvalue weighted by Crippen LogP contribution is 2.32. The van der Waals surface area contributed by atoms with E-state index in [1.807, 2.05) is 20.0 Å². The van der Waals surface area contributed by atoms with Crippen molar-refractivity contribution in [3.63, 3.8) is 0 Å². The fraction of sp³-hybridized carbons (Fsp3) is 0.600. The number of benzene rings is 1. The van der Waals surface area contributed by atoms with Crippen LogP contribution in [-0.4, -0.2) is 24.4 Å². The Hall–Kier alpha value is -1.06. The first-order valence-electron chi connectivity index (χ1n) is 6.76. The average Bonchev–Trinajstić information content (AvgIpc) is 2.37. The molecule has 2 rings (SSSR count). The minimum Gasteiger partial charge on any atom is -0.488 e. The Morgan fingerprint density at radius 2 is 2.17 bits per heavy atom. The van der Waals surface area contributed by atoms with E-state index in [0.29, 0.717) is 6.04 Å². The van der Waals surface area contributed by atoms with Crippen molar-refractivity contribution < 1.29 is 9.84 Å². The zero-order valence-electron chi connectivity index (χ0n) is 11.4. The van der Waals surface area contributed by atoms with Gasteiger partial charge in [-0.1, -0.05) is 6.07 Å². The van der Waals surface area contributed by atoms with Crippen molar-refractivity contribution in [2.45, 2.75) is 51.4 Å². The van der Waals surface area contributed by atoms with E-state index >= 15 is 0 Å². The van der Waals surface area contributed by atoms with Gasteiger partial charge in [0.15, 0.2) is 0 Å². The fourth-order valence-electron chi connectivity index (χ4n) is 2.46. The third kappa shape index (κ3) is 2.85. The summed E-state index contributed by atoms with van der Waals surface area (Å²) in [6.45, 7) is 3.64. The first-order valence-corrected chi connectivity index (χ1v) is 6.76. The molecule has 1 aliphatic carbocycles. The molecule has 0 amide bonds. The van der Waals surface area contributed by atoms with Crippen LogP contribution in [0.4, 0.5) is 0 Å². The molecule has 0 heterocycles. The SMILES string of the molecule is CNC1CCCc2ccc(OC(C)C(C)O)cc21. The predicted molar refractivity (Wildman–Crippen MR) is 73.0 cm³/mol. The maximum absolute atomic E-state index is 9.48. The highest BCUT2D eigenvalue weighted by atomic mass is 16.5. The van der Waals surface area contributed by atoms with Crippen molar-refractivity contribution in [1.82, 2.24) is 5.32 Å². The molecule has 18 heavy (non-hydrogen) atoms. The number of nitrogens with one attached hydrogen (secondary N) is 1. The van der Waals surface area contributed by atoms with Crippen LogP contribution in [0, 0.1) is 0 Å². The summed E-state index contributed by atoms with van der Waals surface area (Å²) in [7, 11) is 2.01. The topological polar surface area (TPSA) is 41.5 Å². The van der Waals surface area contributed by atoms with Crippen molar-refractivity contribution in [2.75, 3.05) is 7.05 Å². The van der Waals surface area contributed by atoms with Crippen LogP contribution < -0.4 is 10.1 Å². The van der Waals surface area contributed by atoms with Crippen molar-refractivity contribution in [1.29, 1.82) is 0 Å². The molecule has 1 aliphatic rings. The second-order valence-corrected chi connectivity index (χ2v) is 5.16. The van der Waals surface area contributed by atoms with E-state index in [9.17, 15) is 5.11 Å². The number of hydrogen-bond donors (Lipinski definition) is 2. The third-order valence-electron chi connectivity index (χ3n) is 3.78. The minimum absolute atomic E-state index is 0.181. The van der Waals surface area contributed by atoms with Gasteiger partial charge in [0, 0.05) is 6.04 Å². The largest absolute Gasteiger partial charge is 0.488 e. The third-order valence-corrected chi connectivity index (χ3v) is 3.78. The summed E-state index contributed by atoms with van der Waals surface area (Å²) in [6.07, 6.45) is 2.93. The van der Waals surface area contributed by atoms with Crippen LogP contribution in [-0.2, 0) is 6.42 Å². The van der Waals surface area contributed by atoms with Crippen LogP contribution >= 0.6 is 0 Å². The Morgan fingerprint density at radius 1 is 1.39 bits per heavy atom. The van der Waals surface area contributed by atoms with Crippen LogP contribution in [0.5, 0.6) is 5.75 Å². The molecule has 0 spiro atoms. The van der Waals surface area contributed by atoms with Gasteiger partial charge in [-0.3, -0.25) is 0 Å². The highest BCUT2D eigenvalue weighted by molar-refractivity contribution is 5.39. The van der Waals surface area contributed by atoms with Crippen molar-refractivity contribution in [3.8, 4) is 5.75 Å². The van der Waals surface area contributed by atoms with Gasteiger partial charge in [-0.05, 0) is 63.4 Å². The molecule has 0 aromatic heterocycles. The van der Waals surface area contributed by atoms with Gasteiger partial charge in [0.2, 0.25) is 0 Å². The van der Waals surface area contributed by atoms with Gasteiger partial charge in [0.25, 0.3) is 0 Å². The second kappa shape index (κ2) is 5.72. The van der Waals surface area contributed by atoms with E-state index in [1.54, 1.807) is 6.92 Å². The van der Waals surface area contributed by atoms with Crippen LogP contribution in [0.15, 0.2) is 18.2 Å². The Balaban J connectivity index is 2.19. The lowest BCUT2D eigenvalue weighted by Gasteiger charge is -2.26. The van der Waals surface area contributed by atoms with Gasteiger partial charge >= 0.3 is 0 Å². The van der Waals surface area contributed by atoms with Gasteiger partial charge in [-0.15, -0.1) is 0 Å². The molecule has 1 aromatic rings. The fourth-order valence-corrected chi connectivity index (χ4v) is 2.46. The number of hydrogen-bond acceptors (Lipinski definition) is 3. The van der Waals surface area contributed by atoms with E-state index in [2.05, 4.69) is 17.4 Å². The highest BCUT2D eigenvalue weighted by Gasteiger charge is 2.20. The molecule has 3 nitrogen and oxygen atoms in total. The standard InChI is InChI=1S/C15H23NO2/c1-10(17)11(2)18-13-8-7-12-5-4-6-15(16-3)14(12)9-13/h7-11,15-17H,4-6H2,1-3H3. The molecular weight excluding hydrogens is 226 g/mol. The summed E-state index contributed by atoms with van der Waals surface area (Å²) in [5.41, 5.74) is 2.76. The first-order chi connectivity index (χ1) is 8.61. The minimum atomic E-state index is -0.457. The summed E-state index contributed by atoms with van der Waals surface area (Å²) >= 11 is 0. The molecule has 0 radical (unpaired) electrons. The van der Waals surface area contributed by atoms with E-state index in [0.717, 1.165) is 12.2 Å². The molecule has 3 atom stereocenters. The van der Waals surface area contributed by atoms with Gasteiger partial charge in [0.1, 0.15) is 11.9 Å². The molecule has 0 fully saturated rings. The molecule has 0 saturated heterocycles. The monoisotopic (exact) mass is 249 g/mol. The van der Waals surface area contributed by atoms with E-state index in [4.69, 9.17) is 4.74 Å². The predicted octanol–water partition coefficient (Wildman–Crippen LogP) is 2.43. The summed E-state index contributed by atoms with van der Waals surface area (Å²) < 4.78 is 5.76. The van der Waals surface area contributed by atoms with Crippen molar-refractivity contribution in [3.05, 3.63) is 29.3 Å². The lowest BCUT2D eigenvalue weighted by Crippen LogP contribution is -2.26. The quantitative estimate of drug-likeness (QED) is 0.861. The molecule has 0 saturated carbocycles. The Kier molecular flexibility index (Phi) is 4.25. The van der Waals surface area contributed by atoms with E-state index < -0.39 is 6.10 Å². The van der Waals surface area contributed by atoms with Gasteiger partial charge in [-0.25, -0.2) is 0 Å². The van der Waals surface area contributed by atoms with Crippen molar-refractivity contribution in [2.24, 2.45) is 0 Å². The smallest absolute Gasteiger partial charge is 0.121 e. The molecule has 3 heteroatoms. The molecule has 2 N–H and O–H groups in total. The van der Waals surface area contributed by atoms with Gasteiger partial charge < -0.3 is 15.2 Å². The molecule has 1 aromatic carbocycles. The molecule has 100 valence electrons. The maximum Gasteiger partial charge on any atom is 0.121 e. The molecular formula is C15H23NO2. The number of rotatable bonds is 4. The average molecular weight is 249 g/mol. The van der Waals surface area contributed by atoms with E-state index in [1.165, 1.54) is 24.0 Å². The number of aliphatic hydroxyl groups is 1. The number of aryl methyl sites for hydroxylation is 1. The number of fused-ring (bicyclic) bond motifs is 1. The lowest BCUT2D eigenvalue weighted by atomic mass is 9.87. The van der Waals surface area contributed by atoms with E-state index in [-0.39, 0.29) is 6.10 Å². The molecule has 0 bridgehead atoms. The number of ether oxygens (including phenoxy) is 1. The van der Waals surface area contributed by atoms with Crippen LogP contribution in [0.3, 0.4) is 0 Å². The lowest BCUT2D eigenvalue weighted by molar-refractivity contribution is 0.0603.